The molecular weight excluding hydrogens is 360 g/mol. The molecule has 3 aromatic rings. The molecule has 0 aliphatic carbocycles. The van der Waals surface area contributed by atoms with E-state index in [2.05, 4.69) is 34.1 Å². The summed E-state index contributed by atoms with van der Waals surface area (Å²) < 4.78 is 25.7. The lowest BCUT2D eigenvalue weighted by molar-refractivity contribution is 0.601. The number of unbranched alkanes of at least 4 members (excludes halogenated alkanes) is 2. The second-order valence-electron chi connectivity index (χ2n) is 6.66. The third-order valence-corrected chi connectivity index (χ3v) is 5.55. The second-order valence-corrected chi connectivity index (χ2v) is 8.64. The minimum absolute atomic E-state index is 0.133. The lowest BCUT2D eigenvalue weighted by Gasteiger charge is -2.03. The molecule has 0 bridgehead atoms. The molecule has 1 aromatic carbocycles. The summed E-state index contributed by atoms with van der Waals surface area (Å²) in [6, 6.07) is 11.4. The van der Waals surface area contributed by atoms with E-state index >= 15 is 0 Å². The number of hydrogen-bond acceptors (Lipinski definition) is 5. The van der Waals surface area contributed by atoms with Crippen LogP contribution in [0.1, 0.15) is 31.7 Å². The van der Waals surface area contributed by atoms with Crippen LogP contribution in [-0.2, 0) is 23.3 Å². The SMILES string of the molecule is CCCCCc1ccc(-c2nc(-c3ncccc3S(C)(=O)=O)nn2C)cc1. The van der Waals surface area contributed by atoms with Gasteiger partial charge >= 0.3 is 0 Å². The molecule has 7 heteroatoms. The number of pyridine rings is 1. The summed E-state index contributed by atoms with van der Waals surface area (Å²) in [6.45, 7) is 2.20. The molecule has 27 heavy (non-hydrogen) atoms. The van der Waals surface area contributed by atoms with Crippen LogP contribution in [0.2, 0.25) is 0 Å². The Kier molecular flexibility index (Phi) is 5.70. The second kappa shape index (κ2) is 8.00. The van der Waals surface area contributed by atoms with Gasteiger partial charge in [-0.3, -0.25) is 4.98 Å². The van der Waals surface area contributed by atoms with Crippen LogP contribution in [0.3, 0.4) is 0 Å². The van der Waals surface area contributed by atoms with Gasteiger partial charge in [0.2, 0.25) is 5.82 Å². The van der Waals surface area contributed by atoms with Crippen molar-refractivity contribution in [2.24, 2.45) is 7.05 Å². The van der Waals surface area contributed by atoms with Crippen LogP contribution >= 0.6 is 0 Å². The van der Waals surface area contributed by atoms with Gasteiger partial charge in [-0.05, 0) is 30.5 Å². The number of aromatic nitrogens is 4. The molecule has 0 saturated heterocycles. The van der Waals surface area contributed by atoms with E-state index in [1.165, 1.54) is 30.9 Å². The predicted molar refractivity (Wildman–Crippen MR) is 106 cm³/mol. The number of sulfone groups is 1. The van der Waals surface area contributed by atoms with Crippen molar-refractivity contribution >= 4 is 9.84 Å². The minimum Gasteiger partial charge on any atom is -0.251 e. The van der Waals surface area contributed by atoms with Crippen molar-refractivity contribution in [1.29, 1.82) is 0 Å². The highest BCUT2D eigenvalue weighted by atomic mass is 32.2. The van der Waals surface area contributed by atoms with Crippen molar-refractivity contribution in [3.8, 4) is 22.9 Å². The van der Waals surface area contributed by atoms with E-state index in [9.17, 15) is 8.42 Å². The molecule has 0 atom stereocenters. The lowest BCUT2D eigenvalue weighted by Crippen LogP contribution is -2.02. The molecule has 0 N–H and O–H groups in total. The highest BCUT2D eigenvalue weighted by Crippen LogP contribution is 2.25. The van der Waals surface area contributed by atoms with Gasteiger partial charge in [0.15, 0.2) is 15.7 Å². The van der Waals surface area contributed by atoms with Crippen molar-refractivity contribution in [1.82, 2.24) is 19.7 Å². The van der Waals surface area contributed by atoms with Crippen LogP contribution in [0, 0.1) is 0 Å². The van der Waals surface area contributed by atoms with Crippen molar-refractivity contribution in [2.45, 2.75) is 37.5 Å². The molecule has 0 aliphatic rings. The van der Waals surface area contributed by atoms with Gasteiger partial charge in [0.05, 0.1) is 4.90 Å². The Labute approximate surface area is 160 Å². The molecule has 2 aromatic heterocycles. The predicted octanol–water partition coefficient (Wildman–Crippen LogP) is 3.68. The standard InChI is InChI=1S/C20H24N4O2S/c1-4-5-6-8-15-10-12-16(13-11-15)20-22-19(23-24(20)2)18-17(27(3,25)26)9-7-14-21-18/h7,9-14H,4-6,8H2,1-3H3. The Hall–Kier alpha value is -2.54. The molecule has 0 aliphatic heterocycles. The minimum atomic E-state index is -3.42. The van der Waals surface area contributed by atoms with E-state index < -0.39 is 9.84 Å². The fourth-order valence-corrected chi connectivity index (χ4v) is 3.81. The normalized spacial score (nSPS) is 11.7. The molecule has 0 amide bonds. The van der Waals surface area contributed by atoms with Gasteiger partial charge in [-0.1, -0.05) is 44.0 Å². The average Bonchev–Trinajstić information content (AvgIpc) is 3.03. The highest BCUT2D eigenvalue weighted by molar-refractivity contribution is 7.90. The van der Waals surface area contributed by atoms with Gasteiger partial charge in [-0.2, -0.15) is 0 Å². The Morgan fingerprint density at radius 3 is 2.48 bits per heavy atom. The first-order valence-corrected chi connectivity index (χ1v) is 10.9. The first-order chi connectivity index (χ1) is 12.9. The van der Waals surface area contributed by atoms with Gasteiger partial charge in [0, 0.05) is 25.1 Å². The maximum absolute atomic E-state index is 12.0. The molecule has 0 saturated carbocycles. The summed E-state index contributed by atoms with van der Waals surface area (Å²) >= 11 is 0. The van der Waals surface area contributed by atoms with E-state index in [-0.39, 0.29) is 10.6 Å². The van der Waals surface area contributed by atoms with E-state index in [1.807, 2.05) is 12.1 Å². The summed E-state index contributed by atoms with van der Waals surface area (Å²) in [7, 11) is -1.62. The van der Waals surface area contributed by atoms with E-state index in [4.69, 9.17) is 0 Å². The van der Waals surface area contributed by atoms with Gasteiger partial charge in [0.25, 0.3) is 0 Å². The van der Waals surface area contributed by atoms with Gasteiger partial charge in [-0.25, -0.2) is 18.1 Å². The molecular formula is C20H24N4O2S. The Morgan fingerprint density at radius 2 is 1.81 bits per heavy atom. The van der Waals surface area contributed by atoms with Gasteiger partial charge in [-0.15, -0.1) is 5.10 Å². The fraction of sp³-hybridized carbons (Fsp3) is 0.350. The number of aryl methyl sites for hydroxylation is 2. The molecule has 2 heterocycles. The molecule has 0 fully saturated rings. The molecule has 0 radical (unpaired) electrons. The van der Waals surface area contributed by atoms with Crippen molar-refractivity contribution < 1.29 is 8.42 Å². The zero-order valence-electron chi connectivity index (χ0n) is 15.9. The van der Waals surface area contributed by atoms with Crippen molar-refractivity contribution in [3.63, 3.8) is 0 Å². The maximum atomic E-state index is 12.0. The molecule has 0 unspecified atom stereocenters. The van der Waals surface area contributed by atoms with Crippen LogP contribution < -0.4 is 0 Å². The molecule has 0 spiro atoms. The number of hydrogen-bond donors (Lipinski definition) is 0. The van der Waals surface area contributed by atoms with E-state index in [0.29, 0.717) is 11.6 Å². The van der Waals surface area contributed by atoms with E-state index in [1.54, 1.807) is 24.0 Å². The highest BCUT2D eigenvalue weighted by Gasteiger charge is 2.20. The van der Waals surface area contributed by atoms with Gasteiger partial charge < -0.3 is 0 Å². The Morgan fingerprint density at radius 1 is 1.07 bits per heavy atom. The van der Waals surface area contributed by atoms with Crippen LogP contribution in [0.15, 0.2) is 47.5 Å². The molecule has 142 valence electrons. The summed E-state index contributed by atoms with van der Waals surface area (Å²) in [6.07, 6.45) is 7.42. The lowest BCUT2D eigenvalue weighted by atomic mass is 10.1. The third kappa shape index (κ3) is 4.42. The summed E-state index contributed by atoms with van der Waals surface area (Å²) in [5.41, 5.74) is 2.52. The molecule has 6 nitrogen and oxygen atoms in total. The van der Waals surface area contributed by atoms with Crippen LogP contribution in [0.5, 0.6) is 0 Å². The monoisotopic (exact) mass is 384 g/mol. The first kappa shape index (κ1) is 19.2. The van der Waals surface area contributed by atoms with Crippen LogP contribution in [0.25, 0.3) is 22.9 Å². The number of rotatable bonds is 7. The fourth-order valence-electron chi connectivity index (χ4n) is 2.99. The van der Waals surface area contributed by atoms with Crippen molar-refractivity contribution in [2.75, 3.05) is 6.26 Å². The average molecular weight is 385 g/mol. The quantitative estimate of drug-likeness (QED) is 0.581. The topological polar surface area (TPSA) is 77.7 Å². The third-order valence-electron chi connectivity index (χ3n) is 4.43. The van der Waals surface area contributed by atoms with Crippen LogP contribution in [0.4, 0.5) is 0 Å². The summed E-state index contributed by atoms with van der Waals surface area (Å²) in [5, 5.41) is 4.39. The molecule has 3 rings (SSSR count). The van der Waals surface area contributed by atoms with Crippen molar-refractivity contribution in [3.05, 3.63) is 48.2 Å². The Balaban J connectivity index is 1.92. The first-order valence-electron chi connectivity index (χ1n) is 9.06. The largest absolute Gasteiger partial charge is 0.251 e. The Bertz CT molecular complexity index is 1020. The maximum Gasteiger partial charge on any atom is 0.201 e. The summed E-state index contributed by atoms with van der Waals surface area (Å²) in [5.74, 6) is 0.982. The zero-order valence-corrected chi connectivity index (χ0v) is 16.7. The van der Waals surface area contributed by atoms with Crippen LogP contribution in [-0.4, -0.2) is 34.4 Å². The van der Waals surface area contributed by atoms with E-state index in [0.717, 1.165) is 18.2 Å². The number of benzene rings is 1. The summed E-state index contributed by atoms with van der Waals surface area (Å²) in [4.78, 5) is 8.89. The zero-order chi connectivity index (χ0) is 19.4. The van der Waals surface area contributed by atoms with Gasteiger partial charge in [0.1, 0.15) is 5.69 Å². The number of nitrogens with zero attached hydrogens (tertiary/aromatic N) is 4. The smallest absolute Gasteiger partial charge is 0.201 e.